The van der Waals surface area contributed by atoms with Gasteiger partial charge in [0.05, 0.1) is 6.54 Å². The third-order valence-corrected chi connectivity index (χ3v) is 5.11. The second kappa shape index (κ2) is 5.67. The highest BCUT2D eigenvalue weighted by Gasteiger charge is 2.46. The molecule has 2 aliphatic heterocycles. The van der Waals surface area contributed by atoms with E-state index in [1.54, 1.807) is 0 Å². The zero-order valence-electron chi connectivity index (χ0n) is 13.5. The first-order valence-electron chi connectivity index (χ1n) is 8.45. The lowest BCUT2D eigenvalue weighted by Gasteiger charge is -2.26. The quantitative estimate of drug-likeness (QED) is 0.922. The molecule has 1 unspecified atom stereocenters. The number of carbonyl (C=O) groups is 1. The Labute approximate surface area is 135 Å². The van der Waals surface area contributed by atoms with Crippen LogP contribution in [0, 0.1) is 6.92 Å². The number of likely N-dealkylation sites (tertiary alicyclic amines) is 1. The Morgan fingerprint density at radius 1 is 1.48 bits per heavy atom. The average Bonchev–Trinajstić information content (AvgIpc) is 3.18. The van der Waals surface area contributed by atoms with Gasteiger partial charge >= 0.3 is 0 Å². The van der Waals surface area contributed by atoms with Gasteiger partial charge in [-0.3, -0.25) is 9.69 Å². The predicted octanol–water partition coefficient (Wildman–Crippen LogP) is 1.98. The Morgan fingerprint density at radius 2 is 2.35 bits per heavy atom. The molecule has 1 saturated heterocycles. The van der Waals surface area contributed by atoms with Gasteiger partial charge in [-0.05, 0) is 38.3 Å². The summed E-state index contributed by atoms with van der Waals surface area (Å²) in [6.45, 7) is 4.46. The fraction of sp³-hybridized carbons (Fsp3) is 0.647. The summed E-state index contributed by atoms with van der Waals surface area (Å²) in [6, 6.07) is 4.34. The van der Waals surface area contributed by atoms with Crippen LogP contribution in [0.15, 0.2) is 21.7 Å². The van der Waals surface area contributed by atoms with E-state index < -0.39 is 0 Å². The molecule has 1 aromatic rings. The van der Waals surface area contributed by atoms with E-state index in [-0.39, 0.29) is 11.5 Å². The van der Waals surface area contributed by atoms with Gasteiger partial charge in [0.2, 0.25) is 0 Å². The fourth-order valence-corrected chi connectivity index (χ4v) is 3.54. The molecule has 3 aliphatic rings. The molecule has 1 saturated carbocycles. The van der Waals surface area contributed by atoms with Crippen LogP contribution >= 0.6 is 0 Å². The van der Waals surface area contributed by atoms with Crippen LogP contribution in [0.2, 0.25) is 0 Å². The number of nitrogens with zero attached hydrogens (tertiary/aromatic N) is 2. The molecule has 1 atom stereocenters. The molecule has 23 heavy (non-hydrogen) atoms. The molecular weight excluding hydrogens is 294 g/mol. The van der Waals surface area contributed by atoms with Crippen molar-refractivity contribution < 1.29 is 14.0 Å². The molecule has 1 aliphatic carbocycles. The van der Waals surface area contributed by atoms with Crippen LogP contribution < -0.4 is 5.32 Å². The molecule has 1 aromatic heterocycles. The van der Waals surface area contributed by atoms with Crippen molar-refractivity contribution in [1.29, 1.82) is 0 Å². The molecule has 2 fully saturated rings. The molecule has 0 aromatic carbocycles. The van der Waals surface area contributed by atoms with Crippen molar-refractivity contribution in [2.45, 2.75) is 57.2 Å². The van der Waals surface area contributed by atoms with Crippen LogP contribution in [0.3, 0.4) is 0 Å². The monoisotopic (exact) mass is 317 g/mol. The molecule has 124 valence electrons. The number of aryl methyl sites for hydroxylation is 1. The van der Waals surface area contributed by atoms with Gasteiger partial charge in [-0.1, -0.05) is 5.16 Å². The first-order chi connectivity index (χ1) is 11.1. The maximum absolute atomic E-state index is 12.2. The molecule has 3 heterocycles. The molecule has 0 radical (unpaired) electrons. The Hall–Kier alpha value is -1.82. The highest BCUT2D eigenvalue weighted by Crippen LogP contribution is 2.34. The lowest BCUT2D eigenvalue weighted by molar-refractivity contribution is -0.116. The lowest BCUT2D eigenvalue weighted by atomic mass is 9.92. The number of amides is 1. The number of nitrogens with one attached hydrogen (secondary N) is 1. The van der Waals surface area contributed by atoms with E-state index in [2.05, 4.69) is 15.4 Å². The third-order valence-electron chi connectivity index (χ3n) is 5.11. The maximum atomic E-state index is 12.2. The van der Waals surface area contributed by atoms with E-state index in [0.717, 1.165) is 50.4 Å². The zero-order chi connectivity index (χ0) is 15.9. The SMILES string of the molecule is Cc1ccc(CN2CCC3(CC(C(=O)NC4CCC4)=NO3)C2)o1. The van der Waals surface area contributed by atoms with Gasteiger partial charge in [-0.25, -0.2) is 0 Å². The number of rotatable bonds is 4. The van der Waals surface area contributed by atoms with E-state index in [1.807, 2.05) is 19.1 Å². The Morgan fingerprint density at radius 3 is 3.04 bits per heavy atom. The number of carbonyl (C=O) groups excluding carboxylic acids is 1. The van der Waals surface area contributed by atoms with Crippen molar-refractivity contribution in [2.75, 3.05) is 13.1 Å². The van der Waals surface area contributed by atoms with Crippen LogP contribution in [0.5, 0.6) is 0 Å². The maximum Gasteiger partial charge on any atom is 0.269 e. The summed E-state index contributed by atoms with van der Waals surface area (Å²) < 4.78 is 5.64. The number of oxime groups is 1. The van der Waals surface area contributed by atoms with E-state index in [1.165, 1.54) is 6.42 Å². The normalized spacial score (nSPS) is 27.8. The molecule has 0 bridgehead atoms. The van der Waals surface area contributed by atoms with Gasteiger partial charge in [-0.15, -0.1) is 0 Å². The van der Waals surface area contributed by atoms with Crippen molar-refractivity contribution in [3.05, 3.63) is 23.7 Å². The van der Waals surface area contributed by atoms with Crippen molar-refractivity contribution in [2.24, 2.45) is 5.16 Å². The molecule has 6 heteroatoms. The number of furan rings is 1. The zero-order valence-corrected chi connectivity index (χ0v) is 13.5. The minimum absolute atomic E-state index is 0.0494. The highest BCUT2D eigenvalue weighted by atomic mass is 16.7. The first-order valence-corrected chi connectivity index (χ1v) is 8.45. The number of hydrogen-bond acceptors (Lipinski definition) is 5. The second-order valence-electron chi connectivity index (χ2n) is 7.06. The van der Waals surface area contributed by atoms with Crippen LogP contribution in [0.1, 0.15) is 43.6 Å². The molecule has 1 amide bonds. The minimum Gasteiger partial charge on any atom is -0.465 e. The minimum atomic E-state index is -0.325. The average molecular weight is 317 g/mol. The summed E-state index contributed by atoms with van der Waals surface area (Å²) in [5.74, 6) is 1.86. The predicted molar refractivity (Wildman–Crippen MR) is 85.0 cm³/mol. The van der Waals surface area contributed by atoms with Crippen molar-refractivity contribution in [1.82, 2.24) is 10.2 Å². The summed E-state index contributed by atoms with van der Waals surface area (Å²) in [5.41, 5.74) is 0.223. The van der Waals surface area contributed by atoms with Crippen molar-refractivity contribution >= 4 is 11.6 Å². The Kier molecular flexibility index (Phi) is 3.64. The van der Waals surface area contributed by atoms with Gasteiger partial charge < -0.3 is 14.6 Å². The van der Waals surface area contributed by atoms with Gasteiger partial charge in [0.15, 0.2) is 5.60 Å². The first kappa shape index (κ1) is 14.8. The summed E-state index contributed by atoms with van der Waals surface area (Å²) in [4.78, 5) is 20.2. The standard InChI is InChI=1S/C17H23N3O3/c1-12-5-6-14(22-12)10-20-8-7-17(11-20)9-15(19-23-17)16(21)18-13-3-2-4-13/h5-6,13H,2-4,7-11H2,1H3,(H,18,21). The molecular formula is C17H23N3O3. The summed E-state index contributed by atoms with van der Waals surface area (Å²) in [7, 11) is 0. The topological polar surface area (TPSA) is 67.1 Å². The molecule has 6 nitrogen and oxygen atoms in total. The summed E-state index contributed by atoms with van der Waals surface area (Å²) >= 11 is 0. The van der Waals surface area contributed by atoms with Gasteiger partial charge in [0.25, 0.3) is 5.91 Å². The Bertz CT molecular complexity index is 635. The van der Waals surface area contributed by atoms with Gasteiger partial charge in [0, 0.05) is 32.0 Å². The summed E-state index contributed by atoms with van der Waals surface area (Å²) in [6.07, 6.45) is 4.89. The van der Waals surface area contributed by atoms with E-state index >= 15 is 0 Å². The van der Waals surface area contributed by atoms with Gasteiger partial charge in [0.1, 0.15) is 17.2 Å². The lowest BCUT2D eigenvalue weighted by Crippen LogP contribution is -2.43. The molecule has 1 N–H and O–H groups in total. The van der Waals surface area contributed by atoms with E-state index in [0.29, 0.717) is 18.2 Å². The van der Waals surface area contributed by atoms with E-state index in [9.17, 15) is 4.79 Å². The van der Waals surface area contributed by atoms with Crippen LogP contribution in [-0.4, -0.2) is 41.3 Å². The second-order valence-corrected chi connectivity index (χ2v) is 7.06. The van der Waals surface area contributed by atoms with Crippen LogP contribution in [-0.2, 0) is 16.2 Å². The van der Waals surface area contributed by atoms with Crippen molar-refractivity contribution in [3.8, 4) is 0 Å². The largest absolute Gasteiger partial charge is 0.465 e. The number of hydrogen-bond donors (Lipinski definition) is 1. The Balaban J connectivity index is 1.31. The molecule has 4 rings (SSSR count). The fourth-order valence-electron chi connectivity index (χ4n) is 3.54. The van der Waals surface area contributed by atoms with Crippen molar-refractivity contribution in [3.63, 3.8) is 0 Å². The molecule has 1 spiro atoms. The van der Waals surface area contributed by atoms with Gasteiger partial charge in [-0.2, -0.15) is 0 Å². The van der Waals surface area contributed by atoms with Crippen LogP contribution in [0.25, 0.3) is 0 Å². The van der Waals surface area contributed by atoms with E-state index in [4.69, 9.17) is 9.25 Å². The third kappa shape index (κ3) is 3.00. The smallest absolute Gasteiger partial charge is 0.269 e. The highest BCUT2D eigenvalue weighted by molar-refractivity contribution is 6.39. The summed E-state index contributed by atoms with van der Waals surface area (Å²) in [5, 5.41) is 7.12. The van der Waals surface area contributed by atoms with Crippen LogP contribution in [0.4, 0.5) is 0 Å².